The number of piperidine rings is 1. The molecule has 1 aliphatic heterocycles. The Morgan fingerprint density at radius 3 is 2.80 bits per heavy atom. The van der Waals surface area contributed by atoms with Crippen molar-refractivity contribution in [1.29, 1.82) is 0 Å². The maximum absolute atomic E-state index is 13.2. The van der Waals surface area contributed by atoms with Crippen LogP contribution in [0.4, 0.5) is 0 Å². The van der Waals surface area contributed by atoms with E-state index in [2.05, 4.69) is 25.9 Å². The number of nitrogens with zero attached hydrogens (tertiary/aromatic N) is 3. The Balaban J connectivity index is 1.87. The molecule has 1 amide bonds. The van der Waals surface area contributed by atoms with Crippen LogP contribution in [0.25, 0.3) is 10.9 Å². The summed E-state index contributed by atoms with van der Waals surface area (Å²) in [5.41, 5.74) is 0.685. The Labute approximate surface area is 183 Å². The van der Waals surface area contributed by atoms with Gasteiger partial charge in [-0.3, -0.25) is 14.2 Å². The quantitative estimate of drug-likeness (QED) is 0.514. The summed E-state index contributed by atoms with van der Waals surface area (Å²) in [6, 6.07) is 7.82. The molecule has 0 spiro atoms. The standard InChI is InChI=1S/C23H34N4O2S/c1-5-18-11-8-9-15-26(18)21(28)17(2)30-23-24-20-13-7-6-12-19(20)22(29)27(23)16-10-14-25(3)4/h6-7,12-13,17-18H,5,8-11,14-16H2,1-4H3/p+1/t17-,18-/m0/s1. The average Bonchev–Trinajstić information content (AvgIpc) is 2.75. The van der Waals surface area contributed by atoms with E-state index in [-0.39, 0.29) is 16.7 Å². The smallest absolute Gasteiger partial charge is 0.262 e. The van der Waals surface area contributed by atoms with Crippen molar-refractivity contribution in [1.82, 2.24) is 14.5 Å². The Bertz CT molecular complexity index is 927. The van der Waals surface area contributed by atoms with Crippen molar-refractivity contribution in [2.75, 3.05) is 27.2 Å². The average molecular weight is 432 g/mol. The van der Waals surface area contributed by atoms with Crippen molar-refractivity contribution in [3.05, 3.63) is 34.6 Å². The van der Waals surface area contributed by atoms with Gasteiger partial charge in [-0.15, -0.1) is 0 Å². The number of benzene rings is 1. The van der Waals surface area contributed by atoms with E-state index in [0.29, 0.717) is 28.6 Å². The van der Waals surface area contributed by atoms with E-state index in [1.54, 1.807) is 4.57 Å². The van der Waals surface area contributed by atoms with Crippen LogP contribution in [-0.2, 0) is 11.3 Å². The fraction of sp³-hybridized carbons (Fsp3) is 0.609. The Hall–Kier alpha value is -1.86. The fourth-order valence-corrected chi connectivity index (χ4v) is 5.19. The molecule has 0 aliphatic carbocycles. The first kappa shape index (κ1) is 22.8. The molecular formula is C23H35N4O2S+. The molecule has 0 bridgehead atoms. The molecule has 7 heteroatoms. The molecule has 2 atom stereocenters. The summed E-state index contributed by atoms with van der Waals surface area (Å²) in [7, 11) is 4.22. The van der Waals surface area contributed by atoms with E-state index in [0.717, 1.165) is 38.8 Å². The Morgan fingerprint density at radius 1 is 1.30 bits per heavy atom. The zero-order valence-corrected chi connectivity index (χ0v) is 19.5. The lowest BCUT2D eigenvalue weighted by atomic mass is 10.00. The minimum Gasteiger partial charge on any atom is -0.340 e. The molecule has 3 rings (SSSR count). The van der Waals surface area contributed by atoms with Crippen LogP contribution in [0.2, 0.25) is 0 Å². The van der Waals surface area contributed by atoms with Crippen LogP contribution in [0.3, 0.4) is 0 Å². The summed E-state index contributed by atoms with van der Waals surface area (Å²) < 4.78 is 1.77. The second-order valence-corrected chi connectivity index (χ2v) is 9.84. The second-order valence-electron chi connectivity index (χ2n) is 8.53. The first-order valence-electron chi connectivity index (χ1n) is 11.2. The number of rotatable bonds is 8. The van der Waals surface area contributed by atoms with Gasteiger partial charge in [-0.25, -0.2) is 4.98 Å². The van der Waals surface area contributed by atoms with E-state index in [4.69, 9.17) is 4.98 Å². The normalized spacial score (nSPS) is 18.2. The van der Waals surface area contributed by atoms with Crippen LogP contribution < -0.4 is 10.5 Å². The molecule has 1 fully saturated rings. The summed E-state index contributed by atoms with van der Waals surface area (Å²) in [6.45, 7) is 6.54. The molecule has 164 valence electrons. The molecule has 0 saturated carbocycles. The van der Waals surface area contributed by atoms with Gasteiger partial charge in [0.1, 0.15) is 0 Å². The summed E-state index contributed by atoms with van der Waals surface area (Å²) in [4.78, 5) is 34.6. The van der Waals surface area contributed by atoms with Crippen molar-refractivity contribution in [3.63, 3.8) is 0 Å². The number of quaternary nitrogens is 1. The minimum absolute atomic E-state index is 0.0130. The summed E-state index contributed by atoms with van der Waals surface area (Å²) in [5, 5.41) is 1.02. The maximum Gasteiger partial charge on any atom is 0.262 e. The number of hydrogen-bond acceptors (Lipinski definition) is 4. The zero-order valence-electron chi connectivity index (χ0n) is 18.7. The number of fused-ring (bicyclic) bond motifs is 1. The van der Waals surface area contributed by atoms with Crippen LogP contribution in [0.1, 0.15) is 46.0 Å². The molecule has 0 unspecified atom stereocenters. The number of aromatic nitrogens is 2. The van der Waals surface area contributed by atoms with Crippen LogP contribution in [0, 0.1) is 0 Å². The highest BCUT2D eigenvalue weighted by molar-refractivity contribution is 8.00. The monoisotopic (exact) mass is 431 g/mol. The van der Waals surface area contributed by atoms with Crippen LogP contribution in [0.5, 0.6) is 0 Å². The lowest BCUT2D eigenvalue weighted by molar-refractivity contribution is -0.858. The molecule has 30 heavy (non-hydrogen) atoms. The molecule has 1 saturated heterocycles. The van der Waals surface area contributed by atoms with Crippen molar-refractivity contribution in [2.24, 2.45) is 0 Å². The van der Waals surface area contributed by atoms with Crippen molar-refractivity contribution in [3.8, 4) is 0 Å². The third-order valence-corrected chi connectivity index (χ3v) is 6.97. The van der Waals surface area contributed by atoms with Gasteiger partial charge in [0.05, 0.1) is 36.8 Å². The Morgan fingerprint density at radius 2 is 2.07 bits per heavy atom. The Kier molecular flexibility index (Phi) is 7.94. The van der Waals surface area contributed by atoms with Gasteiger partial charge in [0.15, 0.2) is 5.16 Å². The SMILES string of the molecule is CC[C@H]1CCCCN1C(=O)[C@H](C)Sc1nc2ccccc2c(=O)n1CCC[NH+](C)C. The van der Waals surface area contributed by atoms with E-state index < -0.39 is 0 Å². The summed E-state index contributed by atoms with van der Waals surface area (Å²) in [6.07, 6.45) is 5.25. The predicted octanol–water partition coefficient (Wildman–Crippen LogP) is 2.20. The number of thioether (sulfide) groups is 1. The summed E-state index contributed by atoms with van der Waals surface area (Å²) in [5.74, 6) is 0.165. The van der Waals surface area contributed by atoms with Gasteiger partial charge in [-0.1, -0.05) is 30.8 Å². The van der Waals surface area contributed by atoms with E-state index in [9.17, 15) is 9.59 Å². The molecule has 2 aromatic rings. The van der Waals surface area contributed by atoms with Crippen LogP contribution in [-0.4, -0.2) is 58.8 Å². The highest BCUT2D eigenvalue weighted by atomic mass is 32.2. The molecule has 1 N–H and O–H groups in total. The van der Waals surface area contributed by atoms with Crippen LogP contribution in [0.15, 0.2) is 34.2 Å². The zero-order chi connectivity index (χ0) is 21.7. The first-order chi connectivity index (χ1) is 14.4. The van der Waals surface area contributed by atoms with Gasteiger partial charge in [0, 0.05) is 25.6 Å². The molecule has 1 aliphatic rings. The molecule has 1 aromatic carbocycles. The largest absolute Gasteiger partial charge is 0.340 e. The molecule has 0 radical (unpaired) electrons. The number of likely N-dealkylation sites (tertiary alicyclic amines) is 1. The van der Waals surface area contributed by atoms with Crippen molar-refractivity contribution < 1.29 is 9.69 Å². The lowest BCUT2D eigenvalue weighted by Crippen LogP contribution is -3.05. The molecule has 2 heterocycles. The highest BCUT2D eigenvalue weighted by Crippen LogP contribution is 2.27. The highest BCUT2D eigenvalue weighted by Gasteiger charge is 2.30. The number of amides is 1. The van der Waals surface area contributed by atoms with Gasteiger partial charge in [-0.05, 0) is 44.7 Å². The topological polar surface area (TPSA) is 59.6 Å². The minimum atomic E-state index is -0.268. The lowest BCUT2D eigenvalue weighted by Gasteiger charge is -2.36. The van der Waals surface area contributed by atoms with Gasteiger partial charge in [0.2, 0.25) is 5.91 Å². The summed E-state index contributed by atoms with van der Waals surface area (Å²) >= 11 is 1.43. The molecule has 1 aromatic heterocycles. The van der Waals surface area contributed by atoms with E-state index in [1.165, 1.54) is 23.1 Å². The number of nitrogens with one attached hydrogen (secondary N) is 1. The van der Waals surface area contributed by atoms with E-state index >= 15 is 0 Å². The maximum atomic E-state index is 13.2. The number of hydrogen-bond donors (Lipinski definition) is 1. The number of para-hydroxylation sites is 1. The van der Waals surface area contributed by atoms with Gasteiger partial charge >= 0.3 is 0 Å². The van der Waals surface area contributed by atoms with Crippen LogP contribution >= 0.6 is 11.8 Å². The third-order valence-electron chi connectivity index (χ3n) is 5.90. The van der Waals surface area contributed by atoms with Gasteiger partial charge in [-0.2, -0.15) is 0 Å². The third kappa shape index (κ3) is 5.24. The first-order valence-corrected chi connectivity index (χ1v) is 12.1. The van der Waals surface area contributed by atoms with Crippen molar-refractivity contribution in [2.45, 2.75) is 68.9 Å². The van der Waals surface area contributed by atoms with E-state index in [1.807, 2.05) is 31.2 Å². The van der Waals surface area contributed by atoms with Crippen molar-refractivity contribution >= 4 is 28.6 Å². The number of carbonyl (C=O) groups excluding carboxylic acids is 1. The molecular weight excluding hydrogens is 396 g/mol. The number of carbonyl (C=O) groups is 1. The van der Waals surface area contributed by atoms with Gasteiger partial charge in [0.25, 0.3) is 5.56 Å². The predicted molar refractivity (Wildman–Crippen MR) is 123 cm³/mol. The molecule has 6 nitrogen and oxygen atoms in total. The van der Waals surface area contributed by atoms with Gasteiger partial charge < -0.3 is 9.80 Å². The second kappa shape index (κ2) is 10.4. The fourth-order valence-electron chi connectivity index (χ4n) is 4.18.